The highest BCUT2D eigenvalue weighted by Gasteiger charge is 2.51. The van der Waals surface area contributed by atoms with Crippen LogP contribution in [0.1, 0.15) is 54.4 Å². The lowest BCUT2D eigenvalue weighted by molar-refractivity contribution is -0.00520. The van der Waals surface area contributed by atoms with Crippen LogP contribution in [0.4, 0.5) is 11.4 Å². The zero-order valence-electron chi connectivity index (χ0n) is 15.4. The highest BCUT2D eigenvalue weighted by Crippen LogP contribution is 2.60. The average molecular weight is 425 g/mol. The number of nitrogen functional groups attached to an aromatic ring is 1. The van der Waals surface area contributed by atoms with Gasteiger partial charge < -0.3 is 11.1 Å². The van der Waals surface area contributed by atoms with Gasteiger partial charge >= 0.3 is 0 Å². The highest BCUT2D eigenvalue weighted by atomic mass is 79.9. The number of anilines is 2. The topological polar surface area (TPSA) is 55.1 Å². The monoisotopic (exact) mass is 424 g/mol. The van der Waals surface area contributed by atoms with E-state index in [0.717, 1.165) is 27.9 Å². The fraction of sp³-hybridized carbons (Fsp3) is 0.435. The van der Waals surface area contributed by atoms with Crippen molar-refractivity contribution < 1.29 is 4.79 Å². The lowest BCUT2D eigenvalue weighted by Crippen LogP contribution is -2.48. The summed E-state index contributed by atoms with van der Waals surface area (Å²) in [6.07, 6.45) is 8.41. The molecule has 0 radical (unpaired) electrons. The molecule has 0 unspecified atom stereocenters. The van der Waals surface area contributed by atoms with E-state index in [0.29, 0.717) is 16.7 Å². The Morgan fingerprint density at radius 2 is 1.56 bits per heavy atom. The Balaban J connectivity index is 1.38. The molecule has 2 aromatic rings. The predicted molar refractivity (Wildman–Crippen MR) is 113 cm³/mol. The Morgan fingerprint density at radius 3 is 2.11 bits per heavy atom. The number of nitrogens with one attached hydrogen (secondary N) is 1. The Hall–Kier alpha value is -1.81. The normalized spacial score (nSPS) is 31.1. The third-order valence-corrected chi connectivity index (χ3v) is 7.70. The van der Waals surface area contributed by atoms with Crippen LogP contribution in [0.15, 0.2) is 46.9 Å². The van der Waals surface area contributed by atoms with Crippen molar-refractivity contribution in [2.45, 2.75) is 43.9 Å². The average Bonchev–Trinajstić information content (AvgIpc) is 2.62. The van der Waals surface area contributed by atoms with E-state index in [1.165, 1.54) is 44.1 Å². The summed E-state index contributed by atoms with van der Waals surface area (Å²) in [6, 6.07) is 13.6. The molecule has 0 saturated heterocycles. The van der Waals surface area contributed by atoms with E-state index in [1.807, 2.05) is 0 Å². The van der Waals surface area contributed by atoms with Gasteiger partial charge in [0, 0.05) is 15.7 Å². The number of carbonyl (C=O) groups is 1. The van der Waals surface area contributed by atoms with Crippen molar-refractivity contribution in [2.24, 2.45) is 17.8 Å². The fourth-order valence-corrected chi connectivity index (χ4v) is 6.72. The number of hydrogen-bond acceptors (Lipinski definition) is 2. The van der Waals surface area contributed by atoms with Crippen LogP contribution in [-0.4, -0.2) is 5.91 Å². The lowest BCUT2D eigenvalue weighted by Gasteiger charge is -2.57. The molecule has 4 fully saturated rings. The first-order chi connectivity index (χ1) is 13.0. The van der Waals surface area contributed by atoms with Gasteiger partial charge in [-0.2, -0.15) is 0 Å². The van der Waals surface area contributed by atoms with Crippen molar-refractivity contribution in [1.82, 2.24) is 0 Å². The molecule has 0 atom stereocenters. The Kier molecular flexibility index (Phi) is 4.08. The molecule has 27 heavy (non-hydrogen) atoms. The highest BCUT2D eigenvalue weighted by molar-refractivity contribution is 9.10. The van der Waals surface area contributed by atoms with E-state index < -0.39 is 0 Å². The van der Waals surface area contributed by atoms with Crippen molar-refractivity contribution in [2.75, 3.05) is 11.1 Å². The standard InChI is InChI=1S/C23H25BrN2O/c24-20-10-18(23-11-14-7-15(12-23)9-16(8-14)13-23)3-6-21(20)26-22(27)17-1-4-19(25)5-2-17/h1-6,10,14-16H,7-9,11-13,25H2,(H,26,27). The molecule has 4 bridgehead atoms. The zero-order valence-corrected chi connectivity index (χ0v) is 17.0. The third-order valence-electron chi connectivity index (χ3n) is 7.04. The molecule has 4 aliphatic rings. The molecule has 3 nitrogen and oxygen atoms in total. The van der Waals surface area contributed by atoms with Crippen molar-refractivity contribution >= 4 is 33.2 Å². The third kappa shape index (κ3) is 3.08. The van der Waals surface area contributed by atoms with Gasteiger partial charge in [-0.1, -0.05) is 6.07 Å². The van der Waals surface area contributed by atoms with Gasteiger partial charge in [0.2, 0.25) is 0 Å². The summed E-state index contributed by atoms with van der Waals surface area (Å²) in [6.45, 7) is 0. The van der Waals surface area contributed by atoms with Crippen molar-refractivity contribution in [1.29, 1.82) is 0 Å². The van der Waals surface area contributed by atoms with Crippen LogP contribution in [0.25, 0.3) is 0 Å². The molecule has 4 saturated carbocycles. The zero-order chi connectivity index (χ0) is 18.6. The molecular formula is C23H25BrN2O. The number of benzene rings is 2. The molecule has 1 amide bonds. The number of nitrogens with two attached hydrogens (primary N) is 1. The van der Waals surface area contributed by atoms with Gasteiger partial charge in [0.1, 0.15) is 0 Å². The minimum absolute atomic E-state index is 0.113. The minimum Gasteiger partial charge on any atom is -0.399 e. The Morgan fingerprint density at radius 1 is 0.963 bits per heavy atom. The molecular weight excluding hydrogens is 400 g/mol. The van der Waals surface area contributed by atoms with Crippen molar-refractivity contribution in [3.05, 3.63) is 58.1 Å². The summed E-state index contributed by atoms with van der Waals surface area (Å²) in [7, 11) is 0. The van der Waals surface area contributed by atoms with Crippen LogP contribution in [0, 0.1) is 17.8 Å². The van der Waals surface area contributed by atoms with Gasteiger partial charge in [0.05, 0.1) is 5.69 Å². The molecule has 6 rings (SSSR count). The molecule has 0 aliphatic heterocycles. The van der Waals surface area contributed by atoms with Crippen LogP contribution in [0.3, 0.4) is 0 Å². The van der Waals surface area contributed by atoms with Gasteiger partial charge in [-0.15, -0.1) is 0 Å². The van der Waals surface area contributed by atoms with Crippen LogP contribution < -0.4 is 11.1 Å². The summed E-state index contributed by atoms with van der Waals surface area (Å²) in [5.74, 6) is 2.68. The SMILES string of the molecule is Nc1ccc(C(=O)Nc2ccc(C34CC5CC(CC(C5)C3)C4)cc2Br)cc1. The van der Waals surface area contributed by atoms with E-state index in [2.05, 4.69) is 39.4 Å². The Bertz CT molecular complexity index is 854. The van der Waals surface area contributed by atoms with Crippen LogP contribution in [0.2, 0.25) is 0 Å². The number of halogens is 1. The lowest BCUT2D eigenvalue weighted by atomic mass is 9.48. The van der Waals surface area contributed by atoms with Gasteiger partial charge in [-0.3, -0.25) is 4.79 Å². The molecule has 0 spiro atoms. The van der Waals surface area contributed by atoms with Gasteiger partial charge in [-0.05, 0) is 120 Å². The molecule has 4 aliphatic carbocycles. The van der Waals surface area contributed by atoms with Crippen LogP contribution in [0.5, 0.6) is 0 Å². The van der Waals surface area contributed by atoms with E-state index in [-0.39, 0.29) is 5.91 Å². The quantitative estimate of drug-likeness (QED) is 0.615. The largest absolute Gasteiger partial charge is 0.399 e. The second-order valence-corrected chi connectivity index (χ2v) is 9.82. The second kappa shape index (κ2) is 6.37. The van der Waals surface area contributed by atoms with Crippen LogP contribution >= 0.6 is 15.9 Å². The fourth-order valence-electron chi connectivity index (χ4n) is 6.24. The molecule has 2 aromatic carbocycles. The predicted octanol–water partition coefficient (Wildman–Crippen LogP) is 5.75. The smallest absolute Gasteiger partial charge is 0.255 e. The van der Waals surface area contributed by atoms with E-state index in [4.69, 9.17) is 5.73 Å². The van der Waals surface area contributed by atoms with Gasteiger partial charge in [0.15, 0.2) is 0 Å². The van der Waals surface area contributed by atoms with Crippen molar-refractivity contribution in [3.63, 3.8) is 0 Å². The maximum absolute atomic E-state index is 12.5. The van der Waals surface area contributed by atoms with E-state index >= 15 is 0 Å². The summed E-state index contributed by atoms with van der Waals surface area (Å²) in [5.41, 5.74) is 9.63. The number of amides is 1. The number of hydrogen-bond donors (Lipinski definition) is 2. The Labute approximate surface area is 168 Å². The van der Waals surface area contributed by atoms with Crippen molar-refractivity contribution in [3.8, 4) is 0 Å². The molecule has 4 heteroatoms. The van der Waals surface area contributed by atoms with Gasteiger partial charge in [-0.25, -0.2) is 0 Å². The van der Waals surface area contributed by atoms with Gasteiger partial charge in [0.25, 0.3) is 5.91 Å². The first-order valence-electron chi connectivity index (χ1n) is 9.98. The maximum Gasteiger partial charge on any atom is 0.255 e. The molecule has 140 valence electrons. The number of carbonyl (C=O) groups excluding carboxylic acids is 1. The maximum atomic E-state index is 12.5. The second-order valence-electron chi connectivity index (χ2n) is 8.97. The van der Waals surface area contributed by atoms with E-state index in [1.54, 1.807) is 24.3 Å². The van der Waals surface area contributed by atoms with Crippen LogP contribution in [-0.2, 0) is 5.41 Å². The first-order valence-corrected chi connectivity index (χ1v) is 10.8. The number of rotatable bonds is 3. The summed E-state index contributed by atoms with van der Waals surface area (Å²) in [4.78, 5) is 12.5. The summed E-state index contributed by atoms with van der Waals surface area (Å²) >= 11 is 3.70. The first kappa shape index (κ1) is 17.3. The summed E-state index contributed by atoms with van der Waals surface area (Å²) < 4.78 is 0.972. The molecule has 3 N–H and O–H groups in total. The van der Waals surface area contributed by atoms with E-state index in [9.17, 15) is 4.79 Å². The molecule has 0 heterocycles. The molecule has 0 aromatic heterocycles. The summed E-state index contributed by atoms with van der Waals surface area (Å²) in [5, 5.41) is 3.02. The minimum atomic E-state index is -0.113.